The lowest BCUT2D eigenvalue weighted by molar-refractivity contribution is -0.136. The number of nitrogens with two attached hydrogens (primary N) is 1. The highest BCUT2D eigenvalue weighted by molar-refractivity contribution is 5.77. The van der Waals surface area contributed by atoms with Gasteiger partial charge < -0.3 is 15.4 Å². The molecule has 0 radical (unpaired) electrons. The summed E-state index contributed by atoms with van der Waals surface area (Å²) in [6.45, 7) is 4.56. The molecule has 0 atom stereocenters. The molecule has 1 aromatic rings. The molecule has 0 aliphatic carbocycles. The number of rotatable bonds is 9. The molecule has 5 heteroatoms. The van der Waals surface area contributed by atoms with E-state index in [1.165, 1.54) is 0 Å². The number of hydrogen-bond donors (Lipinski definition) is 1. The van der Waals surface area contributed by atoms with E-state index >= 15 is 0 Å². The van der Waals surface area contributed by atoms with Crippen molar-refractivity contribution in [3.8, 4) is 0 Å². The average molecular weight is 265 g/mol. The third kappa shape index (κ3) is 6.31. The van der Waals surface area contributed by atoms with Gasteiger partial charge in [0.2, 0.25) is 5.91 Å². The molecule has 0 spiro atoms. The van der Waals surface area contributed by atoms with Crippen LogP contribution in [0.5, 0.6) is 0 Å². The third-order valence-corrected chi connectivity index (χ3v) is 2.66. The molecule has 1 rings (SSSR count). The molecular weight excluding hydrogens is 242 g/mol. The Kier molecular flexibility index (Phi) is 7.77. The number of pyridine rings is 1. The molecule has 1 aromatic heterocycles. The van der Waals surface area contributed by atoms with Crippen LogP contribution < -0.4 is 5.73 Å². The minimum atomic E-state index is 0.00533. The lowest BCUT2D eigenvalue weighted by atomic mass is 10.2. The monoisotopic (exact) mass is 265 g/mol. The Morgan fingerprint density at radius 1 is 1.53 bits per heavy atom. The van der Waals surface area contributed by atoms with Crippen LogP contribution in [0.3, 0.4) is 0 Å². The summed E-state index contributed by atoms with van der Waals surface area (Å²) >= 11 is 0. The van der Waals surface area contributed by atoms with Gasteiger partial charge in [-0.25, -0.2) is 0 Å². The molecule has 1 heterocycles. The van der Waals surface area contributed by atoms with Gasteiger partial charge >= 0.3 is 0 Å². The highest BCUT2D eigenvalue weighted by Crippen LogP contribution is 2.04. The zero-order chi connectivity index (χ0) is 13.9. The maximum atomic E-state index is 12.1. The maximum absolute atomic E-state index is 12.1. The number of amides is 1. The predicted molar refractivity (Wildman–Crippen MR) is 74.4 cm³/mol. The van der Waals surface area contributed by atoms with Crippen molar-refractivity contribution >= 4 is 5.91 Å². The SMILES string of the molecule is CCCOCC(=O)N(CCCN)Cc1cccnc1. The van der Waals surface area contributed by atoms with Crippen LogP contribution in [-0.2, 0) is 16.1 Å². The Hall–Kier alpha value is -1.46. The quantitative estimate of drug-likeness (QED) is 0.681. The van der Waals surface area contributed by atoms with Gasteiger partial charge in [-0.05, 0) is 31.0 Å². The van der Waals surface area contributed by atoms with Gasteiger partial charge in [0.25, 0.3) is 0 Å². The largest absolute Gasteiger partial charge is 0.372 e. The van der Waals surface area contributed by atoms with Crippen LogP contribution in [0, 0.1) is 0 Å². The zero-order valence-corrected chi connectivity index (χ0v) is 11.5. The van der Waals surface area contributed by atoms with Crippen molar-refractivity contribution in [2.24, 2.45) is 5.73 Å². The second kappa shape index (κ2) is 9.47. The number of ether oxygens (including phenoxy) is 1. The number of aromatic nitrogens is 1. The molecule has 0 fully saturated rings. The smallest absolute Gasteiger partial charge is 0.248 e. The second-order valence-corrected chi connectivity index (χ2v) is 4.37. The van der Waals surface area contributed by atoms with Gasteiger partial charge in [-0.15, -0.1) is 0 Å². The van der Waals surface area contributed by atoms with Gasteiger partial charge in [-0.1, -0.05) is 13.0 Å². The fraction of sp³-hybridized carbons (Fsp3) is 0.571. The number of nitrogens with zero attached hydrogens (tertiary/aromatic N) is 2. The first-order valence-electron chi connectivity index (χ1n) is 6.72. The molecule has 106 valence electrons. The fourth-order valence-electron chi connectivity index (χ4n) is 1.68. The highest BCUT2D eigenvalue weighted by Gasteiger charge is 2.13. The summed E-state index contributed by atoms with van der Waals surface area (Å²) in [6.07, 6.45) is 5.20. The molecule has 0 saturated carbocycles. The Balaban J connectivity index is 2.53. The molecule has 1 amide bonds. The van der Waals surface area contributed by atoms with E-state index in [0.717, 1.165) is 18.4 Å². The van der Waals surface area contributed by atoms with Crippen molar-refractivity contribution in [2.45, 2.75) is 26.3 Å². The number of carbonyl (C=O) groups is 1. The number of carbonyl (C=O) groups excluding carboxylic acids is 1. The van der Waals surface area contributed by atoms with Gasteiger partial charge in [-0.2, -0.15) is 0 Å². The minimum absolute atomic E-state index is 0.00533. The van der Waals surface area contributed by atoms with Gasteiger partial charge in [-0.3, -0.25) is 9.78 Å². The lowest BCUT2D eigenvalue weighted by Gasteiger charge is -2.22. The van der Waals surface area contributed by atoms with Crippen LogP contribution in [0.25, 0.3) is 0 Å². The minimum Gasteiger partial charge on any atom is -0.372 e. The molecule has 19 heavy (non-hydrogen) atoms. The first kappa shape index (κ1) is 15.6. The van der Waals surface area contributed by atoms with E-state index in [-0.39, 0.29) is 12.5 Å². The molecule has 0 aliphatic heterocycles. The van der Waals surface area contributed by atoms with Gasteiger partial charge in [0.15, 0.2) is 0 Å². The molecular formula is C14H23N3O2. The van der Waals surface area contributed by atoms with Crippen LogP contribution >= 0.6 is 0 Å². The Morgan fingerprint density at radius 3 is 3.00 bits per heavy atom. The maximum Gasteiger partial charge on any atom is 0.248 e. The average Bonchev–Trinajstić information content (AvgIpc) is 2.44. The Labute approximate surface area is 114 Å². The van der Waals surface area contributed by atoms with Crippen molar-refractivity contribution in [1.29, 1.82) is 0 Å². The topological polar surface area (TPSA) is 68.5 Å². The van der Waals surface area contributed by atoms with Crippen LogP contribution in [0.4, 0.5) is 0 Å². The zero-order valence-electron chi connectivity index (χ0n) is 11.5. The fourth-order valence-corrected chi connectivity index (χ4v) is 1.68. The second-order valence-electron chi connectivity index (χ2n) is 4.37. The van der Waals surface area contributed by atoms with Crippen molar-refractivity contribution < 1.29 is 9.53 Å². The molecule has 0 aromatic carbocycles. The third-order valence-electron chi connectivity index (χ3n) is 2.66. The van der Waals surface area contributed by atoms with E-state index in [0.29, 0.717) is 26.2 Å². The van der Waals surface area contributed by atoms with E-state index in [1.54, 1.807) is 17.3 Å². The van der Waals surface area contributed by atoms with Crippen LogP contribution in [-0.4, -0.2) is 42.1 Å². The molecule has 0 saturated heterocycles. The van der Waals surface area contributed by atoms with Crippen molar-refractivity contribution in [3.63, 3.8) is 0 Å². The molecule has 0 bridgehead atoms. The van der Waals surface area contributed by atoms with E-state index in [4.69, 9.17) is 10.5 Å². The lowest BCUT2D eigenvalue weighted by Crippen LogP contribution is -2.35. The summed E-state index contributed by atoms with van der Waals surface area (Å²) < 4.78 is 5.31. The highest BCUT2D eigenvalue weighted by atomic mass is 16.5. The normalized spacial score (nSPS) is 10.4. The van der Waals surface area contributed by atoms with E-state index in [9.17, 15) is 4.79 Å². The van der Waals surface area contributed by atoms with E-state index in [2.05, 4.69) is 4.98 Å². The van der Waals surface area contributed by atoms with Crippen LogP contribution in [0.1, 0.15) is 25.3 Å². The Morgan fingerprint density at radius 2 is 2.37 bits per heavy atom. The standard InChI is InChI=1S/C14H23N3O2/c1-2-9-19-12-14(18)17(8-4-6-15)11-13-5-3-7-16-10-13/h3,5,7,10H,2,4,6,8-9,11-12,15H2,1H3. The van der Waals surface area contributed by atoms with Crippen molar-refractivity contribution in [3.05, 3.63) is 30.1 Å². The van der Waals surface area contributed by atoms with Gasteiger partial charge in [0, 0.05) is 32.1 Å². The molecule has 5 nitrogen and oxygen atoms in total. The summed E-state index contributed by atoms with van der Waals surface area (Å²) in [5.74, 6) is 0.00533. The summed E-state index contributed by atoms with van der Waals surface area (Å²) in [6, 6.07) is 3.83. The van der Waals surface area contributed by atoms with Gasteiger partial charge in [0.1, 0.15) is 6.61 Å². The van der Waals surface area contributed by atoms with E-state index in [1.807, 2.05) is 19.1 Å². The van der Waals surface area contributed by atoms with Gasteiger partial charge in [0.05, 0.1) is 0 Å². The van der Waals surface area contributed by atoms with Crippen molar-refractivity contribution in [1.82, 2.24) is 9.88 Å². The first-order valence-corrected chi connectivity index (χ1v) is 6.72. The van der Waals surface area contributed by atoms with Crippen LogP contribution in [0.15, 0.2) is 24.5 Å². The predicted octanol–water partition coefficient (Wildman–Crippen LogP) is 1.19. The summed E-state index contributed by atoms with van der Waals surface area (Å²) in [5.41, 5.74) is 6.53. The molecule has 0 aliphatic rings. The summed E-state index contributed by atoms with van der Waals surface area (Å²) in [7, 11) is 0. The van der Waals surface area contributed by atoms with Crippen LogP contribution in [0.2, 0.25) is 0 Å². The van der Waals surface area contributed by atoms with E-state index < -0.39 is 0 Å². The molecule has 2 N–H and O–H groups in total. The van der Waals surface area contributed by atoms with Crippen molar-refractivity contribution in [2.75, 3.05) is 26.3 Å². The summed E-state index contributed by atoms with van der Waals surface area (Å²) in [4.78, 5) is 17.9. The number of hydrogen-bond acceptors (Lipinski definition) is 4. The summed E-state index contributed by atoms with van der Waals surface area (Å²) in [5, 5.41) is 0. The Bertz CT molecular complexity index is 357. The molecule has 0 unspecified atom stereocenters. The first-order chi connectivity index (χ1) is 9.27.